The fraction of sp³-hybridized carbons (Fsp3) is 0.235. The number of hydrogen-bond donors (Lipinski definition) is 4. The van der Waals surface area contributed by atoms with Gasteiger partial charge in [0, 0.05) is 17.4 Å². The quantitative estimate of drug-likeness (QED) is 0.145. The van der Waals surface area contributed by atoms with Crippen LogP contribution in [0.15, 0.2) is 101 Å². The first-order chi connectivity index (χ1) is 20.0. The molecule has 7 nitrogen and oxygen atoms in total. The Morgan fingerprint density at radius 3 is 1.98 bits per heavy atom. The van der Waals surface area contributed by atoms with Gasteiger partial charge in [0.25, 0.3) is 0 Å². The van der Waals surface area contributed by atoms with E-state index in [1.165, 1.54) is 35.1 Å². The minimum absolute atomic E-state index is 0.360. The normalized spacial score (nSPS) is 12.7. The number of fused-ring (bicyclic) bond motifs is 1. The van der Waals surface area contributed by atoms with Crippen LogP contribution in [-0.4, -0.2) is 19.0 Å². The Kier molecular flexibility index (Phi) is 10.4. The molecular formula is C34H40N6O. The Labute approximate surface area is 243 Å². The van der Waals surface area contributed by atoms with Crippen LogP contribution in [-0.2, 0) is 25.7 Å². The lowest BCUT2D eigenvalue weighted by molar-refractivity contribution is 0.415. The molecule has 0 saturated carbocycles. The summed E-state index contributed by atoms with van der Waals surface area (Å²) in [4.78, 5) is 8.96. The number of benzene rings is 4. The second-order valence-electron chi connectivity index (χ2n) is 9.74. The Morgan fingerprint density at radius 2 is 1.34 bits per heavy atom. The summed E-state index contributed by atoms with van der Waals surface area (Å²) in [5.74, 6) is 1.59. The van der Waals surface area contributed by atoms with Gasteiger partial charge >= 0.3 is 0 Å². The molecule has 212 valence electrons. The number of nitrogens with two attached hydrogens (primary N) is 2. The van der Waals surface area contributed by atoms with Crippen molar-refractivity contribution in [2.75, 3.05) is 17.7 Å². The minimum Gasteiger partial charge on any atom is -0.497 e. The van der Waals surface area contributed by atoms with Gasteiger partial charge in [-0.25, -0.2) is 9.98 Å². The molecule has 7 heteroatoms. The first-order valence-electron chi connectivity index (χ1n) is 14.1. The van der Waals surface area contributed by atoms with Crippen molar-refractivity contribution >= 4 is 34.7 Å². The van der Waals surface area contributed by atoms with Gasteiger partial charge in [-0.2, -0.15) is 0 Å². The minimum atomic E-state index is 0.360. The number of nitrogens with one attached hydrogen (secondary N) is 2. The maximum absolute atomic E-state index is 6.09. The molecule has 0 aliphatic heterocycles. The largest absolute Gasteiger partial charge is 0.497 e. The van der Waals surface area contributed by atoms with E-state index in [9.17, 15) is 0 Å². The molecule has 4 aromatic rings. The van der Waals surface area contributed by atoms with Crippen molar-refractivity contribution in [3.63, 3.8) is 0 Å². The van der Waals surface area contributed by atoms with Gasteiger partial charge in [-0.15, -0.1) is 0 Å². The van der Waals surface area contributed by atoms with Crippen molar-refractivity contribution in [3.8, 4) is 5.75 Å². The van der Waals surface area contributed by atoms with Crippen LogP contribution in [0.25, 0.3) is 0 Å². The van der Waals surface area contributed by atoms with E-state index >= 15 is 0 Å². The molecule has 1 aliphatic carbocycles. The van der Waals surface area contributed by atoms with Gasteiger partial charge in [-0.1, -0.05) is 68.4 Å². The molecule has 0 fully saturated rings. The molecule has 0 atom stereocenters. The van der Waals surface area contributed by atoms with Crippen LogP contribution in [0.5, 0.6) is 5.75 Å². The molecule has 0 aromatic heterocycles. The van der Waals surface area contributed by atoms with Crippen molar-refractivity contribution in [1.82, 2.24) is 0 Å². The number of aliphatic imine (C=N–C) groups is 2. The molecule has 5 rings (SSSR count). The highest BCUT2D eigenvalue weighted by Crippen LogP contribution is 2.29. The third-order valence-electron chi connectivity index (χ3n) is 6.98. The molecule has 0 radical (unpaired) electrons. The second kappa shape index (κ2) is 14.6. The van der Waals surface area contributed by atoms with Crippen molar-refractivity contribution < 1.29 is 4.74 Å². The van der Waals surface area contributed by atoms with Gasteiger partial charge in [0.15, 0.2) is 11.9 Å². The van der Waals surface area contributed by atoms with Gasteiger partial charge < -0.3 is 26.8 Å². The van der Waals surface area contributed by atoms with Crippen LogP contribution < -0.4 is 26.8 Å². The first kappa shape index (κ1) is 29.2. The summed E-state index contributed by atoms with van der Waals surface area (Å²) in [6.07, 6.45) is 5.39. The Hall–Kier alpha value is -4.78. The summed E-state index contributed by atoms with van der Waals surface area (Å²) in [7, 11) is 1.63. The van der Waals surface area contributed by atoms with Crippen LogP contribution in [0.1, 0.15) is 42.5 Å². The molecule has 1 aliphatic rings. The maximum atomic E-state index is 6.09. The number of hydrogen-bond acceptors (Lipinski definition) is 3. The summed E-state index contributed by atoms with van der Waals surface area (Å²) in [5, 5.41) is 6.33. The van der Waals surface area contributed by atoms with E-state index in [4.69, 9.17) is 16.2 Å². The third-order valence-corrected chi connectivity index (χ3v) is 6.98. The van der Waals surface area contributed by atoms with Crippen LogP contribution >= 0.6 is 0 Å². The Balaban J connectivity index is 0.000000189. The molecule has 0 saturated heterocycles. The number of aryl methyl sites for hydroxylation is 3. The summed E-state index contributed by atoms with van der Waals surface area (Å²) in [6, 6.07) is 30.0. The molecular weight excluding hydrogens is 508 g/mol. The van der Waals surface area contributed by atoms with E-state index in [0.29, 0.717) is 11.9 Å². The number of methoxy groups -OCH3 is 1. The Bertz CT molecular complexity index is 1510. The zero-order chi connectivity index (χ0) is 29.0. The van der Waals surface area contributed by atoms with E-state index in [2.05, 4.69) is 64.8 Å². The molecule has 0 unspecified atom stereocenters. The predicted molar refractivity (Wildman–Crippen MR) is 173 cm³/mol. The van der Waals surface area contributed by atoms with Crippen molar-refractivity contribution in [2.24, 2.45) is 21.5 Å². The summed E-state index contributed by atoms with van der Waals surface area (Å²) >= 11 is 0. The highest BCUT2D eigenvalue weighted by atomic mass is 16.5. The van der Waals surface area contributed by atoms with E-state index in [0.717, 1.165) is 47.8 Å². The van der Waals surface area contributed by atoms with Crippen LogP contribution in [0, 0.1) is 0 Å². The zero-order valence-electron chi connectivity index (χ0n) is 24.2. The zero-order valence-corrected chi connectivity index (χ0v) is 24.2. The molecule has 0 spiro atoms. The van der Waals surface area contributed by atoms with Gasteiger partial charge in [0.05, 0.1) is 18.5 Å². The number of para-hydroxylation sites is 2. The number of anilines is 2. The second-order valence-corrected chi connectivity index (χ2v) is 9.74. The highest BCUT2D eigenvalue weighted by molar-refractivity contribution is 5.95. The molecule has 0 heterocycles. The lowest BCUT2D eigenvalue weighted by Gasteiger charge is -2.11. The van der Waals surface area contributed by atoms with Gasteiger partial charge in [0.1, 0.15) is 5.75 Å². The predicted octanol–water partition coefficient (Wildman–Crippen LogP) is 7.11. The standard InChI is InChI=1S/C18H21N3.C16H19N3O/c1-2-13-7-3-4-11-16(13)20-18(19)21-17-12-6-9-14-8-5-10-15(14)17;1-3-12-7-4-5-10-15(12)19-16(17)18-13-8-6-9-14(11-13)20-2/h3-4,6-7,9,11-12H,2,5,8,10H2,1H3,(H3,19,20,21);4-11H,3H2,1-2H3,(H3,17,18,19). The number of nitrogens with zero attached hydrogens (tertiary/aromatic N) is 2. The molecule has 4 aromatic carbocycles. The molecule has 0 bridgehead atoms. The lowest BCUT2D eigenvalue weighted by Crippen LogP contribution is -2.22. The fourth-order valence-corrected chi connectivity index (χ4v) is 4.88. The summed E-state index contributed by atoms with van der Waals surface area (Å²) in [5.41, 5.74) is 21.0. The van der Waals surface area contributed by atoms with Crippen LogP contribution in [0.3, 0.4) is 0 Å². The maximum Gasteiger partial charge on any atom is 0.198 e. The number of rotatable bonds is 7. The Morgan fingerprint density at radius 1 is 0.732 bits per heavy atom. The van der Waals surface area contributed by atoms with E-state index in [1.54, 1.807) is 7.11 Å². The average Bonchev–Trinajstić information content (AvgIpc) is 3.48. The molecule has 41 heavy (non-hydrogen) atoms. The van der Waals surface area contributed by atoms with E-state index in [-0.39, 0.29) is 0 Å². The third kappa shape index (κ3) is 8.11. The SMILES string of the molecule is CCc1ccccc1N=C(N)Nc1cccc(OC)c1.CCc1ccccc1N=C(N)Nc1cccc2c1CCC2. The van der Waals surface area contributed by atoms with E-state index < -0.39 is 0 Å². The van der Waals surface area contributed by atoms with Crippen LogP contribution in [0.4, 0.5) is 22.7 Å². The summed E-state index contributed by atoms with van der Waals surface area (Å²) < 4.78 is 5.17. The van der Waals surface area contributed by atoms with Crippen molar-refractivity contribution in [2.45, 2.75) is 46.0 Å². The van der Waals surface area contributed by atoms with Crippen LogP contribution in [0.2, 0.25) is 0 Å². The monoisotopic (exact) mass is 548 g/mol. The smallest absolute Gasteiger partial charge is 0.198 e. The lowest BCUT2D eigenvalue weighted by atomic mass is 10.1. The first-order valence-corrected chi connectivity index (χ1v) is 14.1. The topological polar surface area (TPSA) is 110 Å². The van der Waals surface area contributed by atoms with Crippen molar-refractivity contribution in [3.05, 3.63) is 113 Å². The average molecular weight is 549 g/mol. The van der Waals surface area contributed by atoms with Gasteiger partial charge in [-0.3, -0.25) is 0 Å². The van der Waals surface area contributed by atoms with Crippen molar-refractivity contribution in [1.29, 1.82) is 0 Å². The highest BCUT2D eigenvalue weighted by Gasteiger charge is 2.14. The fourth-order valence-electron chi connectivity index (χ4n) is 4.88. The van der Waals surface area contributed by atoms with Gasteiger partial charge in [0.2, 0.25) is 0 Å². The number of ether oxygens (including phenoxy) is 1. The summed E-state index contributed by atoms with van der Waals surface area (Å²) in [6.45, 7) is 4.22. The van der Waals surface area contributed by atoms with E-state index in [1.807, 2.05) is 60.7 Å². The van der Waals surface area contributed by atoms with Gasteiger partial charge in [-0.05, 0) is 84.7 Å². The molecule has 6 N–H and O–H groups in total. The number of guanidine groups is 2. The molecule has 0 amide bonds.